The zero-order valence-electron chi connectivity index (χ0n) is 12.1. The Kier molecular flexibility index (Phi) is 3.18. The lowest BCUT2D eigenvalue weighted by Gasteiger charge is -2.31. The number of nitrogens with zero attached hydrogens (tertiary/aromatic N) is 1. The lowest BCUT2D eigenvalue weighted by Crippen LogP contribution is -2.26. The fourth-order valence-corrected chi connectivity index (χ4v) is 3.85. The second kappa shape index (κ2) is 5.09. The molecule has 1 aliphatic carbocycles. The van der Waals surface area contributed by atoms with Crippen molar-refractivity contribution in [2.75, 3.05) is 5.32 Å². The van der Waals surface area contributed by atoms with Crippen LogP contribution in [0.4, 0.5) is 5.88 Å². The molecule has 4 rings (SSSR count). The minimum absolute atomic E-state index is 0.0946. The van der Waals surface area contributed by atoms with E-state index in [0.29, 0.717) is 12.3 Å². The van der Waals surface area contributed by atoms with Gasteiger partial charge in [-0.25, -0.2) is 0 Å². The van der Waals surface area contributed by atoms with E-state index in [1.165, 1.54) is 0 Å². The van der Waals surface area contributed by atoms with Gasteiger partial charge in [-0.1, -0.05) is 33.2 Å². The van der Waals surface area contributed by atoms with E-state index in [2.05, 4.69) is 38.5 Å². The average molecular weight is 359 g/mol. The molecule has 0 saturated carbocycles. The molecule has 0 radical (unpaired) electrons. The topological polar surface area (TPSA) is 55.1 Å². The Balaban J connectivity index is 1.96. The van der Waals surface area contributed by atoms with Crippen molar-refractivity contribution in [3.8, 4) is 0 Å². The first-order valence-corrected chi connectivity index (χ1v) is 8.19. The molecule has 1 aliphatic heterocycles. The van der Waals surface area contributed by atoms with Crippen molar-refractivity contribution in [1.29, 1.82) is 0 Å². The SMILES string of the molecule is Cc1noc2c1[C@@H](c1cccc(Br)c1)C1=C(CCCC1=O)N2. The van der Waals surface area contributed by atoms with Crippen molar-refractivity contribution < 1.29 is 9.32 Å². The number of carbonyl (C=O) groups excluding carboxylic acids is 1. The van der Waals surface area contributed by atoms with Gasteiger partial charge in [-0.3, -0.25) is 4.79 Å². The number of Topliss-reactive ketones (excluding diaryl/α,β-unsaturated/α-hetero) is 1. The van der Waals surface area contributed by atoms with Gasteiger partial charge in [0.1, 0.15) is 0 Å². The number of fused-ring (bicyclic) bond motifs is 1. The third kappa shape index (κ3) is 2.03. The van der Waals surface area contributed by atoms with E-state index in [1.807, 2.05) is 19.1 Å². The molecule has 0 unspecified atom stereocenters. The Morgan fingerprint density at radius 1 is 1.36 bits per heavy atom. The standard InChI is InChI=1S/C17H15BrN2O2/c1-9-14-15(10-4-2-5-11(18)8-10)16-12(6-3-7-13(16)21)19-17(14)22-20-9/h2,4-5,8,15,19H,3,6-7H2,1H3/t15-/m1/s1. The highest BCUT2D eigenvalue weighted by atomic mass is 79.9. The molecule has 2 aromatic rings. The molecule has 1 aromatic heterocycles. The van der Waals surface area contributed by atoms with Crippen LogP contribution in [0.5, 0.6) is 0 Å². The molecule has 0 spiro atoms. The molecule has 1 atom stereocenters. The predicted molar refractivity (Wildman–Crippen MR) is 86.7 cm³/mol. The number of hydrogen-bond acceptors (Lipinski definition) is 4. The van der Waals surface area contributed by atoms with Crippen molar-refractivity contribution in [1.82, 2.24) is 5.16 Å². The van der Waals surface area contributed by atoms with E-state index in [0.717, 1.165) is 45.4 Å². The largest absolute Gasteiger partial charge is 0.338 e. The number of halogens is 1. The van der Waals surface area contributed by atoms with E-state index < -0.39 is 0 Å². The second-order valence-corrected chi connectivity index (χ2v) is 6.71. The number of aryl methyl sites for hydroxylation is 1. The first-order valence-electron chi connectivity index (χ1n) is 7.40. The maximum absolute atomic E-state index is 12.6. The number of rotatable bonds is 1. The van der Waals surface area contributed by atoms with Crippen LogP contribution in [0.2, 0.25) is 0 Å². The highest BCUT2D eigenvalue weighted by molar-refractivity contribution is 9.10. The number of carbonyl (C=O) groups is 1. The van der Waals surface area contributed by atoms with Crippen LogP contribution < -0.4 is 5.32 Å². The summed E-state index contributed by atoms with van der Waals surface area (Å²) in [5.74, 6) is 0.809. The highest BCUT2D eigenvalue weighted by Crippen LogP contribution is 2.46. The zero-order chi connectivity index (χ0) is 15.3. The van der Waals surface area contributed by atoms with Crippen LogP contribution in [0.15, 0.2) is 44.5 Å². The maximum atomic E-state index is 12.6. The van der Waals surface area contributed by atoms with Gasteiger partial charge in [-0.15, -0.1) is 0 Å². The van der Waals surface area contributed by atoms with Gasteiger partial charge in [0.25, 0.3) is 0 Å². The Bertz CT molecular complexity index is 807. The van der Waals surface area contributed by atoms with Crippen LogP contribution in [-0.2, 0) is 4.79 Å². The van der Waals surface area contributed by atoms with Gasteiger partial charge in [0, 0.05) is 28.1 Å². The third-order valence-electron chi connectivity index (χ3n) is 4.39. The molecule has 1 N–H and O–H groups in total. The number of aromatic nitrogens is 1. The van der Waals surface area contributed by atoms with Crippen molar-refractivity contribution in [3.63, 3.8) is 0 Å². The van der Waals surface area contributed by atoms with Crippen molar-refractivity contribution in [2.24, 2.45) is 0 Å². The molecule has 1 aromatic carbocycles. The summed E-state index contributed by atoms with van der Waals surface area (Å²) in [4.78, 5) is 12.6. The smallest absolute Gasteiger partial charge is 0.233 e. The molecule has 5 heteroatoms. The molecule has 0 saturated heterocycles. The molecular weight excluding hydrogens is 344 g/mol. The van der Waals surface area contributed by atoms with E-state index in [1.54, 1.807) is 0 Å². The molecular formula is C17H15BrN2O2. The van der Waals surface area contributed by atoms with Gasteiger partial charge in [0.2, 0.25) is 5.88 Å². The first kappa shape index (κ1) is 13.8. The van der Waals surface area contributed by atoms with Gasteiger partial charge >= 0.3 is 0 Å². The summed E-state index contributed by atoms with van der Waals surface area (Å²) in [5, 5.41) is 7.37. The monoisotopic (exact) mass is 358 g/mol. The molecule has 0 bridgehead atoms. The van der Waals surface area contributed by atoms with Gasteiger partial charge in [-0.05, 0) is 37.5 Å². The van der Waals surface area contributed by atoms with Crippen molar-refractivity contribution in [3.05, 3.63) is 56.8 Å². The summed E-state index contributed by atoms with van der Waals surface area (Å²) in [6, 6.07) is 8.11. The summed E-state index contributed by atoms with van der Waals surface area (Å²) in [6.07, 6.45) is 2.38. The Labute approximate surface area is 136 Å². The molecule has 112 valence electrons. The molecule has 2 aliphatic rings. The Hall–Kier alpha value is -1.88. The highest BCUT2D eigenvalue weighted by Gasteiger charge is 2.38. The fourth-order valence-electron chi connectivity index (χ4n) is 3.44. The number of benzene rings is 1. The van der Waals surface area contributed by atoms with Crippen LogP contribution in [0.1, 0.15) is 42.0 Å². The molecule has 22 heavy (non-hydrogen) atoms. The summed E-state index contributed by atoms with van der Waals surface area (Å²) in [7, 11) is 0. The predicted octanol–water partition coefficient (Wildman–Crippen LogP) is 4.31. The lowest BCUT2D eigenvalue weighted by molar-refractivity contribution is -0.116. The fraction of sp³-hybridized carbons (Fsp3) is 0.294. The van der Waals surface area contributed by atoms with E-state index >= 15 is 0 Å². The van der Waals surface area contributed by atoms with E-state index in [9.17, 15) is 4.79 Å². The Morgan fingerprint density at radius 2 is 2.23 bits per heavy atom. The van der Waals surface area contributed by atoms with Gasteiger partial charge < -0.3 is 9.84 Å². The van der Waals surface area contributed by atoms with Crippen molar-refractivity contribution >= 4 is 27.6 Å². The minimum Gasteiger partial charge on any atom is -0.338 e. The third-order valence-corrected chi connectivity index (χ3v) is 4.88. The molecule has 4 nitrogen and oxygen atoms in total. The van der Waals surface area contributed by atoms with Gasteiger partial charge in [0.15, 0.2) is 5.78 Å². The van der Waals surface area contributed by atoms with Crippen LogP contribution in [0, 0.1) is 6.92 Å². The lowest BCUT2D eigenvalue weighted by atomic mass is 9.76. The Morgan fingerprint density at radius 3 is 3.05 bits per heavy atom. The van der Waals surface area contributed by atoms with Crippen LogP contribution in [0.3, 0.4) is 0 Å². The van der Waals surface area contributed by atoms with Gasteiger partial charge in [0.05, 0.1) is 11.3 Å². The number of nitrogens with one attached hydrogen (secondary N) is 1. The van der Waals surface area contributed by atoms with E-state index in [-0.39, 0.29) is 11.7 Å². The minimum atomic E-state index is -0.0946. The van der Waals surface area contributed by atoms with Crippen LogP contribution >= 0.6 is 15.9 Å². The van der Waals surface area contributed by atoms with Gasteiger partial charge in [-0.2, -0.15) is 0 Å². The normalized spacial score (nSPS) is 20.5. The zero-order valence-corrected chi connectivity index (χ0v) is 13.7. The maximum Gasteiger partial charge on any atom is 0.233 e. The first-order chi connectivity index (χ1) is 10.6. The molecule has 0 fully saturated rings. The summed E-state index contributed by atoms with van der Waals surface area (Å²) < 4.78 is 6.44. The van der Waals surface area contributed by atoms with E-state index in [4.69, 9.17) is 4.52 Å². The number of allylic oxidation sites excluding steroid dienone is 2. The molecule has 2 heterocycles. The number of hydrogen-bond donors (Lipinski definition) is 1. The summed E-state index contributed by atoms with van der Waals surface area (Å²) >= 11 is 3.53. The van der Waals surface area contributed by atoms with Crippen LogP contribution in [0.25, 0.3) is 0 Å². The summed E-state index contributed by atoms with van der Waals surface area (Å²) in [6.45, 7) is 1.92. The number of ketones is 1. The quantitative estimate of drug-likeness (QED) is 0.824. The number of anilines is 1. The second-order valence-electron chi connectivity index (χ2n) is 5.79. The van der Waals surface area contributed by atoms with Crippen molar-refractivity contribution in [2.45, 2.75) is 32.1 Å². The summed E-state index contributed by atoms with van der Waals surface area (Å²) in [5.41, 5.74) is 4.77. The van der Waals surface area contributed by atoms with Crippen LogP contribution in [-0.4, -0.2) is 10.9 Å². The molecule has 0 amide bonds. The average Bonchev–Trinajstić information content (AvgIpc) is 2.87.